The number of nitrogens with zero attached hydrogens (tertiary/aromatic N) is 2. The zero-order valence-corrected chi connectivity index (χ0v) is 16.0. The van der Waals surface area contributed by atoms with Crippen LogP contribution in [-0.4, -0.2) is 23.6 Å². The van der Waals surface area contributed by atoms with Gasteiger partial charge in [0.2, 0.25) is 6.79 Å². The van der Waals surface area contributed by atoms with Gasteiger partial charge in [0, 0.05) is 5.56 Å². The van der Waals surface area contributed by atoms with Gasteiger partial charge in [0.25, 0.3) is 5.91 Å². The van der Waals surface area contributed by atoms with Gasteiger partial charge in [0.1, 0.15) is 17.0 Å². The van der Waals surface area contributed by atoms with E-state index in [1.807, 2.05) is 54.6 Å². The number of ether oxygens (including phenoxy) is 2. The van der Waals surface area contributed by atoms with Gasteiger partial charge < -0.3 is 14.0 Å². The molecule has 0 spiro atoms. The van der Waals surface area contributed by atoms with E-state index in [0.29, 0.717) is 28.5 Å². The Morgan fingerprint density at radius 2 is 1.93 bits per heavy atom. The van der Waals surface area contributed by atoms with Gasteiger partial charge in [-0.25, -0.2) is 5.43 Å². The Morgan fingerprint density at radius 3 is 2.76 bits per heavy atom. The van der Waals surface area contributed by atoms with E-state index in [0.717, 1.165) is 16.9 Å². The van der Waals surface area contributed by atoms with E-state index in [1.165, 1.54) is 0 Å². The molecule has 0 unspecified atom stereocenters. The third-order valence-electron chi connectivity index (χ3n) is 4.38. The Bertz CT molecular complexity index is 1100. The van der Waals surface area contributed by atoms with E-state index in [4.69, 9.17) is 14.0 Å². The van der Waals surface area contributed by atoms with Crippen molar-refractivity contribution < 1.29 is 18.8 Å². The molecule has 2 heterocycles. The zero-order valence-electron chi connectivity index (χ0n) is 16.0. The number of nitrogens with one attached hydrogen (secondary N) is 1. The SMILES string of the molecule is CC(/C=C\c1ccc2c(c1)OCO2)=NNC(=O)c1c(-c2ccccc2)noc1C. The van der Waals surface area contributed by atoms with Gasteiger partial charge in [0.05, 0.1) is 5.71 Å². The third kappa shape index (κ3) is 4.03. The van der Waals surface area contributed by atoms with Crippen molar-refractivity contribution in [2.75, 3.05) is 6.79 Å². The standard InChI is InChI=1S/C22H19N3O4/c1-14(8-9-16-10-11-18-19(12-16)28-13-27-18)23-24-22(26)20-15(2)29-25-21(20)17-6-4-3-5-7-17/h3-12H,13H2,1-2H3,(H,24,26)/b9-8-,23-14?. The van der Waals surface area contributed by atoms with Gasteiger partial charge in [-0.1, -0.05) is 47.6 Å². The molecule has 1 amide bonds. The van der Waals surface area contributed by atoms with E-state index in [1.54, 1.807) is 19.9 Å². The lowest BCUT2D eigenvalue weighted by Crippen LogP contribution is -2.19. The fourth-order valence-corrected chi connectivity index (χ4v) is 2.90. The molecule has 0 fully saturated rings. The normalized spacial score (nSPS) is 13.1. The van der Waals surface area contributed by atoms with Gasteiger partial charge in [0.15, 0.2) is 11.5 Å². The lowest BCUT2D eigenvalue weighted by molar-refractivity contribution is 0.0954. The van der Waals surface area contributed by atoms with E-state index in [2.05, 4.69) is 15.7 Å². The van der Waals surface area contributed by atoms with Crippen LogP contribution in [0.2, 0.25) is 0 Å². The third-order valence-corrected chi connectivity index (χ3v) is 4.38. The fraction of sp³-hybridized carbons (Fsp3) is 0.136. The molecule has 0 atom stereocenters. The van der Waals surface area contributed by atoms with Crippen LogP contribution in [0, 0.1) is 6.92 Å². The van der Waals surface area contributed by atoms with Crippen molar-refractivity contribution in [1.82, 2.24) is 10.6 Å². The molecule has 7 nitrogen and oxygen atoms in total. The van der Waals surface area contributed by atoms with Crippen molar-refractivity contribution in [3.8, 4) is 22.8 Å². The minimum atomic E-state index is -0.376. The molecule has 1 N–H and O–H groups in total. The molecule has 0 saturated heterocycles. The number of fused-ring (bicyclic) bond motifs is 1. The highest BCUT2D eigenvalue weighted by molar-refractivity contribution is 6.02. The summed E-state index contributed by atoms with van der Waals surface area (Å²) in [6.45, 7) is 3.73. The van der Waals surface area contributed by atoms with Crippen molar-refractivity contribution in [1.29, 1.82) is 0 Å². The predicted molar refractivity (Wildman–Crippen MR) is 109 cm³/mol. The van der Waals surface area contributed by atoms with Gasteiger partial charge >= 0.3 is 0 Å². The summed E-state index contributed by atoms with van der Waals surface area (Å²) in [4.78, 5) is 12.7. The van der Waals surface area contributed by atoms with Crippen LogP contribution in [0.3, 0.4) is 0 Å². The summed E-state index contributed by atoms with van der Waals surface area (Å²) in [5.74, 6) is 1.51. The van der Waals surface area contributed by atoms with Crippen LogP contribution in [0.1, 0.15) is 28.6 Å². The molecular weight excluding hydrogens is 370 g/mol. The molecule has 0 saturated carbocycles. The Morgan fingerprint density at radius 1 is 1.14 bits per heavy atom. The molecule has 3 aromatic rings. The molecule has 0 bridgehead atoms. The van der Waals surface area contributed by atoms with E-state index < -0.39 is 0 Å². The maximum absolute atomic E-state index is 12.7. The summed E-state index contributed by atoms with van der Waals surface area (Å²) in [6.07, 6.45) is 3.68. The Kier molecular flexibility index (Phi) is 5.11. The lowest BCUT2D eigenvalue weighted by Gasteiger charge is -2.02. The van der Waals surface area contributed by atoms with E-state index >= 15 is 0 Å². The highest BCUT2D eigenvalue weighted by Gasteiger charge is 2.21. The Labute approximate surface area is 167 Å². The number of aryl methyl sites for hydroxylation is 1. The second-order valence-electron chi connectivity index (χ2n) is 6.47. The minimum Gasteiger partial charge on any atom is -0.454 e. The quantitative estimate of drug-likeness (QED) is 0.522. The van der Waals surface area contributed by atoms with Crippen molar-refractivity contribution in [3.63, 3.8) is 0 Å². The molecule has 4 rings (SSSR count). The second-order valence-corrected chi connectivity index (χ2v) is 6.47. The monoisotopic (exact) mass is 389 g/mol. The predicted octanol–water partition coefficient (Wildman–Crippen LogP) is 4.20. The molecule has 0 radical (unpaired) electrons. The molecule has 0 aliphatic carbocycles. The molecule has 146 valence electrons. The minimum absolute atomic E-state index is 0.238. The van der Waals surface area contributed by atoms with Crippen LogP contribution in [0.4, 0.5) is 0 Å². The number of aromatic nitrogens is 1. The maximum Gasteiger partial charge on any atom is 0.277 e. The summed E-state index contributed by atoms with van der Waals surface area (Å²) in [7, 11) is 0. The number of rotatable bonds is 5. The first-order chi connectivity index (χ1) is 14.1. The highest BCUT2D eigenvalue weighted by atomic mass is 16.7. The molecule has 7 heteroatoms. The summed E-state index contributed by atoms with van der Waals surface area (Å²) in [6, 6.07) is 15.1. The van der Waals surface area contributed by atoms with Crippen LogP contribution < -0.4 is 14.9 Å². The van der Waals surface area contributed by atoms with E-state index in [-0.39, 0.29) is 12.7 Å². The largest absolute Gasteiger partial charge is 0.454 e. The second kappa shape index (κ2) is 8.02. The van der Waals surface area contributed by atoms with Crippen molar-refractivity contribution >= 4 is 17.7 Å². The summed E-state index contributed by atoms with van der Waals surface area (Å²) in [5.41, 5.74) is 5.80. The average molecular weight is 389 g/mol. The van der Waals surface area contributed by atoms with Crippen molar-refractivity contribution in [2.24, 2.45) is 5.10 Å². The van der Waals surface area contributed by atoms with Crippen LogP contribution in [0.5, 0.6) is 11.5 Å². The zero-order chi connectivity index (χ0) is 20.2. The average Bonchev–Trinajstić information content (AvgIpc) is 3.37. The van der Waals surface area contributed by atoms with Gasteiger partial charge in [-0.3, -0.25) is 4.79 Å². The topological polar surface area (TPSA) is 86.0 Å². The molecule has 1 aromatic heterocycles. The number of hydrazone groups is 1. The molecular formula is C22H19N3O4. The Balaban J connectivity index is 1.46. The molecule has 2 aromatic carbocycles. The number of carbonyl (C=O) groups is 1. The Hall–Kier alpha value is -3.87. The number of hydrogen-bond donors (Lipinski definition) is 1. The van der Waals surface area contributed by atoms with Crippen LogP contribution in [0.15, 0.2) is 64.2 Å². The number of benzene rings is 2. The first-order valence-electron chi connectivity index (χ1n) is 9.06. The number of hydrogen-bond acceptors (Lipinski definition) is 6. The maximum atomic E-state index is 12.7. The van der Waals surface area contributed by atoms with Gasteiger partial charge in [-0.2, -0.15) is 5.10 Å². The highest BCUT2D eigenvalue weighted by Crippen LogP contribution is 2.32. The van der Waals surface area contributed by atoms with Gasteiger partial charge in [-0.05, 0) is 37.6 Å². The van der Waals surface area contributed by atoms with Crippen LogP contribution in [0.25, 0.3) is 17.3 Å². The first kappa shape index (κ1) is 18.5. The summed E-state index contributed by atoms with van der Waals surface area (Å²) in [5, 5.41) is 8.17. The van der Waals surface area contributed by atoms with Crippen molar-refractivity contribution in [2.45, 2.75) is 13.8 Å². The fourth-order valence-electron chi connectivity index (χ4n) is 2.90. The van der Waals surface area contributed by atoms with Gasteiger partial charge in [-0.15, -0.1) is 0 Å². The summed E-state index contributed by atoms with van der Waals surface area (Å²) < 4.78 is 15.9. The molecule has 29 heavy (non-hydrogen) atoms. The van der Waals surface area contributed by atoms with Crippen LogP contribution >= 0.6 is 0 Å². The first-order valence-corrected chi connectivity index (χ1v) is 9.06. The smallest absolute Gasteiger partial charge is 0.277 e. The molecule has 1 aliphatic rings. The lowest BCUT2D eigenvalue weighted by atomic mass is 10.1. The molecule has 1 aliphatic heterocycles. The summed E-state index contributed by atoms with van der Waals surface area (Å²) >= 11 is 0. The van der Waals surface area contributed by atoms with Crippen molar-refractivity contribution in [3.05, 3.63) is 71.5 Å². The van der Waals surface area contributed by atoms with E-state index in [9.17, 15) is 4.79 Å². The number of amides is 1. The van der Waals surface area contributed by atoms with Crippen LogP contribution in [-0.2, 0) is 0 Å². The number of allylic oxidation sites excluding steroid dienone is 1. The number of carbonyl (C=O) groups excluding carboxylic acids is 1.